The highest BCUT2D eigenvalue weighted by atomic mass is 16.5. The minimum absolute atomic E-state index is 0.152. The van der Waals surface area contributed by atoms with E-state index in [0.29, 0.717) is 17.8 Å². The van der Waals surface area contributed by atoms with Gasteiger partial charge in [0.05, 0.1) is 0 Å². The van der Waals surface area contributed by atoms with E-state index in [4.69, 9.17) is 4.74 Å². The molecule has 158 valence electrons. The summed E-state index contributed by atoms with van der Waals surface area (Å²) in [6, 6.07) is 10.4. The smallest absolute Gasteiger partial charge is 0.293 e. The molecule has 4 aliphatic rings. The van der Waals surface area contributed by atoms with Crippen LogP contribution in [0.5, 0.6) is 0 Å². The quantitative estimate of drug-likeness (QED) is 0.437. The first-order valence-corrected chi connectivity index (χ1v) is 11.9. The molecule has 0 unspecified atom stereocenters. The van der Waals surface area contributed by atoms with Crippen LogP contribution in [0, 0.1) is 46.3 Å². The number of allylic oxidation sites excluding steroid dienone is 2. The molecule has 5 rings (SSSR count). The number of rotatable bonds is 2. The van der Waals surface area contributed by atoms with E-state index < -0.39 is 0 Å². The number of carbonyl (C=O) groups is 1. The summed E-state index contributed by atoms with van der Waals surface area (Å²) in [5, 5.41) is 0. The third-order valence-electron chi connectivity index (χ3n) is 9.56. The maximum Gasteiger partial charge on any atom is 0.293 e. The highest BCUT2D eigenvalue weighted by molar-refractivity contribution is 5.45. The molecule has 1 aromatic rings. The lowest BCUT2D eigenvalue weighted by Crippen LogP contribution is -2.53. The molecular weight excluding hydrogens is 368 g/mol. The number of benzene rings is 1. The highest BCUT2D eigenvalue weighted by Crippen LogP contribution is 2.66. The molecule has 4 aliphatic carbocycles. The summed E-state index contributed by atoms with van der Waals surface area (Å²) in [4.78, 5) is 10.8. The molecule has 0 N–H and O–H groups in total. The Kier molecular flexibility index (Phi) is 5.04. The molecule has 0 heterocycles. The summed E-state index contributed by atoms with van der Waals surface area (Å²) in [5.41, 5.74) is 3.18. The van der Waals surface area contributed by atoms with Gasteiger partial charge in [-0.15, -0.1) is 0 Å². The SMILES string of the molecule is C[C@]12CC[C@@H](OC=O)C[C@@H]1CC[C@H]1[C@H]2CC[C@]2(C)C(C#Cc3ccccc3)=CC[C@H]12. The zero-order chi connectivity index (χ0) is 20.8. The molecule has 0 aliphatic heterocycles. The van der Waals surface area contributed by atoms with E-state index in [1.165, 1.54) is 44.1 Å². The van der Waals surface area contributed by atoms with Crippen molar-refractivity contribution in [3.8, 4) is 11.8 Å². The molecule has 30 heavy (non-hydrogen) atoms. The average molecular weight is 403 g/mol. The molecule has 0 aromatic heterocycles. The number of hydrogen-bond donors (Lipinski definition) is 0. The van der Waals surface area contributed by atoms with Crippen LogP contribution in [0.1, 0.15) is 70.8 Å². The first-order chi connectivity index (χ1) is 14.5. The summed E-state index contributed by atoms with van der Waals surface area (Å²) in [5.74, 6) is 10.1. The van der Waals surface area contributed by atoms with Gasteiger partial charge in [0.2, 0.25) is 0 Å². The minimum atomic E-state index is 0.152. The maximum atomic E-state index is 10.8. The summed E-state index contributed by atoms with van der Waals surface area (Å²) < 4.78 is 5.37. The predicted molar refractivity (Wildman–Crippen MR) is 119 cm³/mol. The molecule has 0 amide bonds. The monoisotopic (exact) mass is 402 g/mol. The molecule has 0 saturated heterocycles. The number of ether oxygens (including phenoxy) is 1. The van der Waals surface area contributed by atoms with Gasteiger partial charge in [-0.05, 0) is 92.6 Å². The Bertz CT molecular complexity index is 890. The van der Waals surface area contributed by atoms with Crippen molar-refractivity contribution in [2.24, 2.45) is 34.5 Å². The Morgan fingerprint density at radius 2 is 1.83 bits per heavy atom. The molecular formula is C28H34O2. The zero-order valence-corrected chi connectivity index (χ0v) is 18.4. The van der Waals surface area contributed by atoms with Crippen molar-refractivity contribution in [2.45, 2.75) is 71.3 Å². The van der Waals surface area contributed by atoms with E-state index in [1.807, 2.05) is 6.07 Å². The van der Waals surface area contributed by atoms with Crippen LogP contribution in [0.4, 0.5) is 0 Å². The lowest BCUT2D eigenvalue weighted by molar-refractivity contribution is -0.147. The van der Waals surface area contributed by atoms with Crippen molar-refractivity contribution < 1.29 is 9.53 Å². The standard InChI is InChI=1S/C28H34O2/c1-27-17-15-26-24(12-10-22-18-23(30-19-29)14-16-28(22,26)2)25(27)13-11-21(27)9-8-20-6-4-3-5-7-20/h3-7,11,19,22-26H,10,12-18H2,1-2H3/t22-,23+,24+,25+,26+,27+,28-/m0/s1. The number of fused-ring (bicyclic) bond motifs is 5. The van der Waals surface area contributed by atoms with Gasteiger partial charge >= 0.3 is 0 Å². The Labute approximate surface area is 181 Å². The van der Waals surface area contributed by atoms with Crippen LogP contribution in [0.3, 0.4) is 0 Å². The third kappa shape index (κ3) is 3.13. The van der Waals surface area contributed by atoms with Crippen LogP contribution in [-0.4, -0.2) is 12.6 Å². The molecule has 0 radical (unpaired) electrons. The molecule has 2 heteroatoms. The van der Waals surface area contributed by atoms with Gasteiger partial charge in [-0.1, -0.05) is 50.0 Å². The Morgan fingerprint density at radius 1 is 1.00 bits per heavy atom. The van der Waals surface area contributed by atoms with Crippen molar-refractivity contribution in [3.63, 3.8) is 0 Å². The van der Waals surface area contributed by atoms with Crippen LogP contribution >= 0.6 is 0 Å². The fourth-order valence-electron chi connectivity index (χ4n) is 7.84. The van der Waals surface area contributed by atoms with Gasteiger partial charge in [-0.25, -0.2) is 0 Å². The topological polar surface area (TPSA) is 26.3 Å². The molecule has 2 nitrogen and oxygen atoms in total. The van der Waals surface area contributed by atoms with Gasteiger partial charge < -0.3 is 4.74 Å². The van der Waals surface area contributed by atoms with Crippen molar-refractivity contribution in [3.05, 3.63) is 47.5 Å². The van der Waals surface area contributed by atoms with E-state index in [9.17, 15) is 4.79 Å². The average Bonchev–Trinajstić information content (AvgIpc) is 3.10. The number of carbonyl (C=O) groups excluding carboxylic acids is 1. The van der Waals surface area contributed by atoms with Gasteiger partial charge in [0.1, 0.15) is 6.10 Å². The van der Waals surface area contributed by atoms with Crippen LogP contribution in [0.15, 0.2) is 42.0 Å². The van der Waals surface area contributed by atoms with Gasteiger partial charge in [0.15, 0.2) is 0 Å². The summed E-state index contributed by atoms with van der Waals surface area (Å²) >= 11 is 0. The van der Waals surface area contributed by atoms with Crippen molar-refractivity contribution in [1.29, 1.82) is 0 Å². The molecule has 3 fully saturated rings. The van der Waals surface area contributed by atoms with E-state index in [-0.39, 0.29) is 11.5 Å². The molecule has 0 spiro atoms. The van der Waals surface area contributed by atoms with Crippen LogP contribution in [0.25, 0.3) is 0 Å². The Balaban J connectivity index is 1.35. The van der Waals surface area contributed by atoms with Gasteiger partial charge in [-0.3, -0.25) is 4.79 Å². The first-order valence-electron chi connectivity index (χ1n) is 11.9. The van der Waals surface area contributed by atoms with E-state index in [0.717, 1.165) is 36.2 Å². The fourth-order valence-corrected chi connectivity index (χ4v) is 7.84. The van der Waals surface area contributed by atoms with Crippen LogP contribution < -0.4 is 0 Å². The van der Waals surface area contributed by atoms with E-state index in [1.54, 1.807) is 0 Å². The van der Waals surface area contributed by atoms with E-state index in [2.05, 4.69) is 56.0 Å². The summed E-state index contributed by atoms with van der Waals surface area (Å²) in [6.45, 7) is 5.72. The van der Waals surface area contributed by atoms with Crippen molar-refractivity contribution >= 4 is 6.47 Å². The zero-order valence-electron chi connectivity index (χ0n) is 18.4. The molecule has 7 atom stereocenters. The normalized spacial score (nSPS) is 41.9. The first kappa shape index (κ1) is 19.9. The number of hydrogen-bond acceptors (Lipinski definition) is 2. The minimum Gasteiger partial charge on any atom is -0.465 e. The molecule has 3 saturated carbocycles. The lowest BCUT2D eigenvalue weighted by atomic mass is 9.44. The maximum absolute atomic E-state index is 10.8. The second-order valence-electron chi connectivity index (χ2n) is 10.7. The second-order valence-corrected chi connectivity index (χ2v) is 10.7. The van der Waals surface area contributed by atoms with Gasteiger partial charge in [0.25, 0.3) is 6.47 Å². The van der Waals surface area contributed by atoms with Crippen LogP contribution in [-0.2, 0) is 9.53 Å². The predicted octanol–water partition coefficient (Wildman–Crippen LogP) is 6.16. The molecule has 1 aromatic carbocycles. The third-order valence-corrected chi connectivity index (χ3v) is 9.56. The van der Waals surface area contributed by atoms with Gasteiger partial charge in [-0.2, -0.15) is 0 Å². The van der Waals surface area contributed by atoms with Crippen molar-refractivity contribution in [2.75, 3.05) is 0 Å². The fraction of sp³-hybridized carbons (Fsp3) is 0.607. The summed E-state index contributed by atoms with van der Waals surface area (Å²) in [7, 11) is 0. The van der Waals surface area contributed by atoms with Gasteiger partial charge in [0, 0.05) is 16.6 Å². The van der Waals surface area contributed by atoms with E-state index >= 15 is 0 Å². The Morgan fingerprint density at radius 3 is 2.63 bits per heavy atom. The van der Waals surface area contributed by atoms with Crippen LogP contribution in [0.2, 0.25) is 0 Å². The van der Waals surface area contributed by atoms with Crippen molar-refractivity contribution in [1.82, 2.24) is 0 Å². The highest BCUT2D eigenvalue weighted by Gasteiger charge is 2.58. The Hall–Kier alpha value is -2.01. The largest absolute Gasteiger partial charge is 0.465 e. The second kappa shape index (κ2) is 7.60. The lowest BCUT2D eigenvalue weighted by Gasteiger charge is -2.60. The summed E-state index contributed by atoms with van der Waals surface area (Å²) in [6.07, 6.45) is 12.4. The molecule has 0 bridgehead atoms.